The van der Waals surface area contributed by atoms with E-state index < -0.39 is 6.10 Å². The molecule has 1 aromatic rings. The van der Waals surface area contributed by atoms with Crippen LogP contribution in [0.25, 0.3) is 0 Å². The lowest BCUT2D eigenvalue weighted by Crippen LogP contribution is -2.31. The number of hydrogen-bond donors (Lipinski definition) is 1. The SMILES string of the molecule is COCC(O)CN(C)Cc1ccc(Cl)c(Cl)c1. The summed E-state index contributed by atoms with van der Waals surface area (Å²) in [6, 6.07) is 5.54. The summed E-state index contributed by atoms with van der Waals surface area (Å²) >= 11 is 11.8. The highest BCUT2D eigenvalue weighted by atomic mass is 35.5. The van der Waals surface area contributed by atoms with Crippen LogP contribution in [-0.4, -0.2) is 43.4 Å². The summed E-state index contributed by atoms with van der Waals surface area (Å²) in [6.45, 7) is 1.59. The first-order chi connectivity index (χ1) is 8.02. The van der Waals surface area contributed by atoms with Crippen LogP contribution in [0.5, 0.6) is 0 Å². The van der Waals surface area contributed by atoms with Gasteiger partial charge in [-0.3, -0.25) is 4.90 Å². The Hall–Kier alpha value is -0.320. The Labute approximate surface area is 112 Å². The summed E-state index contributed by atoms with van der Waals surface area (Å²) in [5.41, 5.74) is 1.06. The van der Waals surface area contributed by atoms with Crippen molar-refractivity contribution in [2.45, 2.75) is 12.6 Å². The number of methoxy groups -OCH3 is 1. The van der Waals surface area contributed by atoms with Crippen molar-refractivity contribution in [3.05, 3.63) is 33.8 Å². The zero-order valence-electron chi connectivity index (χ0n) is 9.99. The minimum absolute atomic E-state index is 0.339. The molecule has 1 N–H and O–H groups in total. The van der Waals surface area contributed by atoms with Gasteiger partial charge in [-0.1, -0.05) is 29.3 Å². The Balaban J connectivity index is 2.50. The van der Waals surface area contributed by atoms with Crippen LogP contribution in [0.2, 0.25) is 10.0 Å². The van der Waals surface area contributed by atoms with Gasteiger partial charge in [0.2, 0.25) is 0 Å². The molecule has 0 aliphatic heterocycles. The molecule has 0 aliphatic rings. The summed E-state index contributed by atoms with van der Waals surface area (Å²) in [4.78, 5) is 2.00. The van der Waals surface area contributed by atoms with Crippen LogP contribution in [0, 0.1) is 0 Å². The molecule has 0 aromatic heterocycles. The summed E-state index contributed by atoms with van der Waals surface area (Å²) < 4.78 is 4.87. The molecule has 96 valence electrons. The van der Waals surface area contributed by atoms with Gasteiger partial charge in [-0.25, -0.2) is 0 Å². The molecule has 1 aromatic carbocycles. The van der Waals surface area contributed by atoms with Gasteiger partial charge in [0.25, 0.3) is 0 Å². The van der Waals surface area contributed by atoms with E-state index in [2.05, 4.69) is 0 Å². The summed E-state index contributed by atoms with van der Waals surface area (Å²) in [5, 5.41) is 10.7. The minimum Gasteiger partial charge on any atom is -0.389 e. The average Bonchev–Trinajstić information content (AvgIpc) is 2.23. The minimum atomic E-state index is -0.479. The molecule has 3 nitrogen and oxygen atoms in total. The van der Waals surface area contributed by atoms with Gasteiger partial charge >= 0.3 is 0 Å². The molecule has 1 atom stereocenters. The van der Waals surface area contributed by atoms with E-state index >= 15 is 0 Å². The van der Waals surface area contributed by atoms with Crippen molar-refractivity contribution in [1.82, 2.24) is 4.90 Å². The van der Waals surface area contributed by atoms with Gasteiger partial charge in [-0.15, -0.1) is 0 Å². The lowest BCUT2D eigenvalue weighted by atomic mass is 10.2. The average molecular weight is 278 g/mol. The first-order valence-corrected chi connectivity index (χ1v) is 6.08. The molecule has 0 amide bonds. The first-order valence-electron chi connectivity index (χ1n) is 5.32. The summed E-state index contributed by atoms with van der Waals surface area (Å²) in [6.07, 6.45) is -0.479. The van der Waals surface area contributed by atoms with E-state index in [4.69, 9.17) is 27.9 Å². The quantitative estimate of drug-likeness (QED) is 0.867. The van der Waals surface area contributed by atoms with Gasteiger partial charge in [-0.05, 0) is 24.7 Å². The van der Waals surface area contributed by atoms with Crippen LogP contribution in [-0.2, 0) is 11.3 Å². The fraction of sp³-hybridized carbons (Fsp3) is 0.500. The van der Waals surface area contributed by atoms with Crippen LogP contribution in [0.15, 0.2) is 18.2 Å². The fourth-order valence-electron chi connectivity index (χ4n) is 1.62. The van der Waals surface area contributed by atoms with E-state index in [1.54, 1.807) is 13.2 Å². The summed E-state index contributed by atoms with van der Waals surface area (Å²) in [5.74, 6) is 0. The maximum Gasteiger partial charge on any atom is 0.0900 e. The predicted octanol–water partition coefficient (Wildman–Crippen LogP) is 2.43. The van der Waals surface area contributed by atoms with Crippen molar-refractivity contribution in [2.24, 2.45) is 0 Å². The second-order valence-corrected chi connectivity index (χ2v) is 4.87. The number of aliphatic hydroxyl groups excluding tert-OH is 1. The Morgan fingerprint density at radius 2 is 2.06 bits per heavy atom. The number of rotatable bonds is 6. The van der Waals surface area contributed by atoms with E-state index in [0.717, 1.165) is 5.56 Å². The molecule has 0 spiro atoms. The monoisotopic (exact) mass is 277 g/mol. The number of halogens is 2. The van der Waals surface area contributed by atoms with E-state index in [9.17, 15) is 5.11 Å². The fourth-order valence-corrected chi connectivity index (χ4v) is 1.94. The molecule has 17 heavy (non-hydrogen) atoms. The standard InChI is InChI=1S/C12H17Cl2NO2/c1-15(7-10(16)8-17-2)6-9-3-4-11(13)12(14)5-9/h3-5,10,16H,6-8H2,1-2H3. The van der Waals surface area contributed by atoms with Gasteiger partial charge < -0.3 is 9.84 Å². The van der Waals surface area contributed by atoms with E-state index in [-0.39, 0.29) is 0 Å². The molecule has 0 aliphatic carbocycles. The van der Waals surface area contributed by atoms with Crippen molar-refractivity contribution >= 4 is 23.2 Å². The molecule has 0 bridgehead atoms. The van der Waals surface area contributed by atoms with Crippen LogP contribution in [0.1, 0.15) is 5.56 Å². The van der Waals surface area contributed by atoms with Crippen LogP contribution < -0.4 is 0 Å². The van der Waals surface area contributed by atoms with Crippen molar-refractivity contribution in [3.8, 4) is 0 Å². The predicted molar refractivity (Wildman–Crippen MR) is 70.7 cm³/mol. The second-order valence-electron chi connectivity index (χ2n) is 4.05. The normalized spacial score (nSPS) is 13.1. The third kappa shape index (κ3) is 5.23. The van der Waals surface area contributed by atoms with Crippen molar-refractivity contribution in [1.29, 1.82) is 0 Å². The lowest BCUT2D eigenvalue weighted by molar-refractivity contribution is 0.0419. The molecule has 5 heteroatoms. The summed E-state index contributed by atoms with van der Waals surface area (Å²) in [7, 11) is 3.50. The third-order valence-electron chi connectivity index (χ3n) is 2.32. The van der Waals surface area contributed by atoms with E-state index in [1.807, 2.05) is 24.1 Å². The Kier molecular flexibility index (Phi) is 6.23. The van der Waals surface area contributed by atoms with Gasteiger partial charge in [0.15, 0.2) is 0 Å². The Morgan fingerprint density at radius 3 is 2.65 bits per heavy atom. The molecule has 1 unspecified atom stereocenters. The first kappa shape index (κ1) is 14.7. The number of ether oxygens (including phenoxy) is 1. The van der Waals surface area contributed by atoms with Crippen LogP contribution in [0.4, 0.5) is 0 Å². The molecule has 0 saturated carbocycles. The smallest absolute Gasteiger partial charge is 0.0900 e. The lowest BCUT2D eigenvalue weighted by Gasteiger charge is -2.20. The Bertz CT molecular complexity index is 360. The molecule has 0 saturated heterocycles. The van der Waals surface area contributed by atoms with Gasteiger partial charge in [0, 0.05) is 20.2 Å². The van der Waals surface area contributed by atoms with Gasteiger partial charge in [0.05, 0.1) is 22.8 Å². The highest BCUT2D eigenvalue weighted by molar-refractivity contribution is 6.42. The molecular formula is C12H17Cl2NO2. The maximum atomic E-state index is 9.58. The topological polar surface area (TPSA) is 32.7 Å². The maximum absolute atomic E-state index is 9.58. The Morgan fingerprint density at radius 1 is 1.35 bits per heavy atom. The van der Waals surface area contributed by atoms with E-state index in [1.165, 1.54) is 0 Å². The molecule has 1 rings (SSSR count). The highest BCUT2D eigenvalue weighted by Gasteiger charge is 2.09. The zero-order valence-corrected chi connectivity index (χ0v) is 11.5. The number of nitrogens with zero attached hydrogens (tertiary/aromatic N) is 1. The third-order valence-corrected chi connectivity index (χ3v) is 3.06. The van der Waals surface area contributed by atoms with Crippen LogP contribution >= 0.6 is 23.2 Å². The van der Waals surface area contributed by atoms with Crippen molar-refractivity contribution in [3.63, 3.8) is 0 Å². The van der Waals surface area contributed by atoms with Gasteiger partial charge in [0.1, 0.15) is 0 Å². The van der Waals surface area contributed by atoms with E-state index in [0.29, 0.717) is 29.7 Å². The zero-order chi connectivity index (χ0) is 12.8. The van der Waals surface area contributed by atoms with Gasteiger partial charge in [-0.2, -0.15) is 0 Å². The number of benzene rings is 1. The van der Waals surface area contributed by atoms with Crippen LogP contribution in [0.3, 0.4) is 0 Å². The highest BCUT2D eigenvalue weighted by Crippen LogP contribution is 2.23. The molecule has 0 heterocycles. The number of likely N-dealkylation sites (N-methyl/N-ethyl adjacent to an activating group) is 1. The largest absolute Gasteiger partial charge is 0.389 e. The number of aliphatic hydroxyl groups is 1. The molecular weight excluding hydrogens is 261 g/mol. The number of hydrogen-bond acceptors (Lipinski definition) is 3. The van der Waals surface area contributed by atoms with Crippen molar-refractivity contribution < 1.29 is 9.84 Å². The molecule has 0 radical (unpaired) electrons. The van der Waals surface area contributed by atoms with Crippen molar-refractivity contribution in [2.75, 3.05) is 27.3 Å². The molecule has 0 fully saturated rings. The second kappa shape index (κ2) is 7.19.